The molecule has 0 fully saturated rings. The van der Waals surface area contributed by atoms with E-state index in [1.54, 1.807) is 6.07 Å². The molecule has 12 heavy (non-hydrogen) atoms. The standard InChI is InChI=1S/C8H11FN2O/c1-12-5-8(10)6-2-3-11-4-7(6)9/h2-4,8H,5,10H2,1H3. The molecule has 1 heterocycles. The summed E-state index contributed by atoms with van der Waals surface area (Å²) in [6.07, 6.45) is 2.65. The molecule has 1 atom stereocenters. The Kier molecular flexibility index (Phi) is 3.13. The number of rotatable bonds is 3. The number of aromatic nitrogens is 1. The highest BCUT2D eigenvalue weighted by Gasteiger charge is 2.09. The van der Waals surface area contributed by atoms with Crippen LogP contribution >= 0.6 is 0 Å². The molecule has 1 rings (SSSR count). The van der Waals surface area contributed by atoms with Crippen molar-refractivity contribution in [3.63, 3.8) is 0 Å². The first-order chi connectivity index (χ1) is 5.75. The van der Waals surface area contributed by atoms with Gasteiger partial charge in [-0.2, -0.15) is 0 Å². The largest absolute Gasteiger partial charge is 0.383 e. The van der Waals surface area contributed by atoms with E-state index in [1.165, 1.54) is 13.3 Å². The van der Waals surface area contributed by atoms with Gasteiger partial charge in [-0.15, -0.1) is 0 Å². The molecule has 0 aromatic carbocycles. The number of hydrogen-bond donors (Lipinski definition) is 1. The van der Waals surface area contributed by atoms with E-state index >= 15 is 0 Å². The average molecular weight is 170 g/mol. The summed E-state index contributed by atoms with van der Waals surface area (Å²) in [5.41, 5.74) is 6.05. The normalized spacial score (nSPS) is 12.9. The van der Waals surface area contributed by atoms with Crippen molar-refractivity contribution < 1.29 is 9.13 Å². The van der Waals surface area contributed by atoms with Gasteiger partial charge < -0.3 is 10.5 Å². The Morgan fingerprint density at radius 3 is 3.08 bits per heavy atom. The van der Waals surface area contributed by atoms with E-state index in [9.17, 15) is 4.39 Å². The Bertz CT molecular complexity index is 255. The highest BCUT2D eigenvalue weighted by atomic mass is 19.1. The van der Waals surface area contributed by atoms with E-state index < -0.39 is 6.04 Å². The molecule has 0 aliphatic carbocycles. The van der Waals surface area contributed by atoms with Crippen molar-refractivity contribution in [1.82, 2.24) is 4.98 Å². The summed E-state index contributed by atoms with van der Waals surface area (Å²) in [7, 11) is 1.53. The topological polar surface area (TPSA) is 48.1 Å². The lowest BCUT2D eigenvalue weighted by Gasteiger charge is -2.10. The zero-order chi connectivity index (χ0) is 8.97. The van der Waals surface area contributed by atoms with Gasteiger partial charge in [0.15, 0.2) is 0 Å². The monoisotopic (exact) mass is 170 g/mol. The third kappa shape index (κ3) is 1.99. The van der Waals surface area contributed by atoms with Crippen molar-refractivity contribution in [2.45, 2.75) is 6.04 Å². The molecule has 0 saturated heterocycles. The molecule has 0 radical (unpaired) electrons. The maximum atomic E-state index is 13.0. The number of methoxy groups -OCH3 is 1. The quantitative estimate of drug-likeness (QED) is 0.732. The van der Waals surface area contributed by atoms with Crippen molar-refractivity contribution in [3.05, 3.63) is 29.8 Å². The fourth-order valence-corrected chi connectivity index (χ4v) is 0.956. The summed E-state index contributed by atoms with van der Waals surface area (Å²) >= 11 is 0. The van der Waals surface area contributed by atoms with Crippen molar-refractivity contribution in [3.8, 4) is 0 Å². The van der Waals surface area contributed by atoms with Crippen molar-refractivity contribution in [2.24, 2.45) is 5.73 Å². The van der Waals surface area contributed by atoms with Gasteiger partial charge in [0, 0.05) is 18.9 Å². The van der Waals surface area contributed by atoms with Gasteiger partial charge in [0.25, 0.3) is 0 Å². The lowest BCUT2D eigenvalue weighted by Crippen LogP contribution is -2.17. The van der Waals surface area contributed by atoms with Crippen LogP contribution in [0.2, 0.25) is 0 Å². The Balaban J connectivity index is 2.79. The van der Waals surface area contributed by atoms with Crippen LogP contribution in [0.4, 0.5) is 4.39 Å². The Labute approximate surface area is 70.4 Å². The number of nitrogens with zero attached hydrogens (tertiary/aromatic N) is 1. The van der Waals surface area contributed by atoms with Crippen LogP contribution in [0.1, 0.15) is 11.6 Å². The zero-order valence-electron chi connectivity index (χ0n) is 6.83. The number of halogens is 1. The first kappa shape index (κ1) is 9.09. The third-order valence-corrected chi connectivity index (χ3v) is 1.55. The maximum absolute atomic E-state index is 13.0. The summed E-state index contributed by atoms with van der Waals surface area (Å²) in [6, 6.07) is 1.14. The van der Waals surface area contributed by atoms with Crippen molar-refractivity contribution >= 4 is 0 Å². The van der Waals surface area contributed by atoms with E-state index in [0.717, 1.165) is 6.20 Å². The van der Waals surface area contributed by atoms with Crippen LogP contribution in [-0.2, 0) is 4.74 Å². The molecule has 0 spiro atoms. The number of ether oxygens (including phenoxy) is 1. The second-order valence-corrected chi connectivity index (χ2v) is 2.46. The molecule has 1 aromatic rings. The van der Waals surface area contributed by atoms with Crippen LogP contribution in [0, 0.1) is 5.82 Å². The zero-order valence-corrected chi connectivity index (χ0v) is 6.83. The minimum atomic E-state index is -0.419. The molecule has 0 bridgehead atoms. The molecule has 66 valence electrons. The highest BCUT2D eigenvalue weighted by Crippen LogP contribution is 2.12. The minimum Gasteiger partial charge on any atom is -0.383 e. The molecular formula is C8H11FN2O. The summed E-state index contributed by atoms with van der Waals surface area (Å²) in [5.74, 6) is -0.387. The molecule has 2 N–H and O–H groups in total. The first-order valence-electron chi connectivity index (χ1n) is 3.59. The van der Waals surface area contributed by atoms with Crippen LogP contribution in [0.3, 0.4) is 0 Å². The van der Waals surface area contributed by atoms with Gasteiger partial charge in [0.05, 0.1) is 18.8 Å². The van der Waals surface area contributed by atoms with Crippen molar-refractivity contribution in [1.29, 1.82) is 0 Å². The lowest BCUT2D eigenvalue weighted by molar-refractivity contribution is 0.179. The molecule has 0 saturated carbocycles. The molecule has 1 aromatic heterocycles. The number of pyridine rings is 1. The van der Waals surface area contributed by atoms with Gasteiger partial charge in [-0.1, -0.05) is 0 Å². The highest BCUT2D eigenvalue weighted by molar-refractivity contribution is 5.16. The van der Waals surface area contributed by atoms with E-state index in [4.69, 9.17) is 10.5 Å². The Hall–Kier alpha value is -1.00. The smallest absolute Gasteiger partial charge is 0.146 e. The summed E-state index contributed by atoms with van der Waals surface area (Å²) in [5, 5.41) is 0. The number of nitrogens with two attached hydrogens (primary N) is 1. The summed E-state index contributed by atoms with van der Waals surface area (Å²) < 4.78 is 17.8. The van der Waals surface area contributed by atoms with Gasteiger partial charge in [-0.05, 0) is 6.07 Å². The Morgan fingerprint density at radius 2 is 2.50 bits per heavy atom. The summed E-state index contributed by atoms with van der Waals surface area (Å²) in [6.45, 7) is 0.306. The molecule has 0 amide bonds. The van der Waals surface area contributed by atoms with Crippen LogP contribution < -0.4 is 5.73 Å². The van der Waals surface area contributed by atoms with Crippen LogP contribution in [0.5, 0.6) is 0 Å². The molecule has 4 heteroatoms. The predicted octanol–water partition coefficient (Wildman–Crippen LogP) is 0.867. The van der Waals surface area contributed by atoms with Crippen molar-refractivity contribution in [2.75, 3.05) is 13.7 Å². The van der Waals surface area contributed by atoms with Gasteiger partial charge in [-0.3, -0.25) is 4.98 Å². The molecule has 0 aliphatic rings. The summed E-state index contributed by atoms with van der Waals surface area (Å²) in [4.78, 5) is 3.62. The van der Waals surface area contributed by atoms with Crippen LogP contribution in [0.15, 0.2) is 18.5 Å². The predicted molar refractivity (Wildman–Crippen MR) is 43.0 cm³/mol. The average Bonchev–Trinajstić information content (AvgIpc) is 2.05. The second kappa shape index (κ2) is 4.13. The first-order valence-corrected chi connectivity index (χ1v) is 3.59. The SMILES string of the molecule is COCC(N)c1ccncc1F. The molecule has 1 unspecified atom stereocenters. The fraction of sp³-hybridized carbons (Fsp3) is 0.375. The van der Waals surface area contributed by atoms with Gasteiger partial charge in [0.2, 0.25) is 0 Å². The maximum Gasteiger partial charge on any atom is 0.146 e. The van der Waals surface area contributed by atoms with Gasteiger partial charge in [0.1, 0.15) is 5.82 Å². The molecular weight excluding hydrogens is 159 g/mol. The third-order valence-electron chi connectivity index (χ3n) is 1.55. The van der Waals surface area contributed by atoms with E-state index in [1.807, 2.05) is 0 Å². The van der Waals surface area contributed by atoms with E-state index in [0.29, 0.717) is 12.2 Å². The van der Waals surface area contributed by atoms with E-state index in [-0.39, 0.29) is 5.82 Å². The second-order valence-electron chi connectivity index (χ2n) is 2.46. The van der Waals surface area contributed by atoms with Gasteiger partial charge >= 0.3 is 0 Å². The molecule has 3 nitrogen and oxygen atoms in total. The van der Waals surface area contributed by atoms with Crippen LogP contribution in [-0.4, -0.2) is 18.7 Å². The van der Waals surface area contributed by atoms with E-state index in [2.05, 4.69) is 4.98 Å². The van der Waals surface area contributed by atoms with Crippen LogP contribution in [0.25, 0.3) is 0 Å². The minimum absolute atomic E-state index is 0.306. The Morgan fingerprint density at radius 1 is 1.75 bits per heavy atom. The van der Waals surface area contributed by atoms with Gasteiger partial charge in [-0.25, -0.2) is 4.39 Å². The molecule has 0 aliphatic heterocycles. The lowest BCUT2D eigenvalue weighted by atomic mass is 10.1. The fourth-order valence-electron chi connectivity index (χ4n) is 0.956. The number of hydrogen-bond acceptors (Lipinski definition) is 3.